The Hall–Kier alpha value is -1.09. The molecule has 0 saturated heterocycles. The molecule has 0 saturated carbocycles. The number of carbonyl (C=O) groups is 1. The molecule has 0 spiro atoms. The maximum Gasteiger partial charge on any atom is 0.243 e. The molecule has 0 bridgehead atoms. The molecule has 1 heterocycles. The van der Waals surface area contributed by atoms with Gasteiger partial charge in [0.05, 0.1) is 0 Å². The molecule has 1 aromatic rings. The van der Waals surface area contributed by atoms with E-state index in [9.17, 15) is 4.79 Å². The fourth-order valence-electron chi connectivity index (χ4n) is 0.836. The zero-order valence-corrected chi connectivity index (χ0v) is 7.56. The summed E-state index contributed by atoms with van der Waals surface area (Å²) in [5.41, 5.74) is 0. The molecule has 0 aliphatic carbocycles. The number of carbonyl (C=O) groups excluding carboxylic acids is 1. The summed E-state index contributed by atoms with van der Waals surface area (Å²) >= 11 is 1.71. The molecule has 0 aliphatic heterocycles. The Labute approximate surface area is 75.9 Å². The van der Waals surface area contributed by atoms with Crippen LogP contribution in [-0.4, -0.2) is 12.5 Å². The van der Waals surface area contributed by atoms with Gasteiger partial charge >= 0.3 is 0 Å². The van der Waals surface area contributed by atoms with Crippen LogP contribution >= 0.6 is 11.3 Å². The molecule has 0 aliphatic rings. The molecule has 1 N–H and O–H groups in total. The van der Waals surface area contributed by atoms with E-state index < -0.39 is 0 Å². The standard InChI is InChI=1S/C9H11NOS/c1-2-9(11)10-6-5-8-4-3-7-12-8/h2-4,7H,1,5-6H2,(H,10,11). The number of nitrogens with one attached hydrogen (secondary N) is 1. The summed E-state index contributed by atoms with van der Waals surface area (Å²) in [6, 6.07) is 4.07. The number of amides is 1. The van der Waals surface area contributed by atoms with Crippen molar-refractivity contribution in [1.29, 1.82) is 0 Å². The quantitative estimate of drug-likeness (QED) is 0.702. The molecular formula is C9H11NOS. The van der Waals surface area contributed by atoms with E-state index in [1.807, 2.05) is 11.4 Å². The minimum atomic E-state index is -0.105. The summed E-state index contributed by atoms with van der Waals surface area (Å²) in [7, 11) is 0. The summed E-state index contributed by atoms with van der Waals surface area (Å²) < 4.78 is 0. The van der Waals surface area contributed by atoms with Crippen LogP contribution in [-0.2, 0) is 11.2 Å². The summed E-state index contributed by atoms with van der Waals surface area (Å²) in [6.45, 7) is 4.05. The van der Waals surface area contributed by atoms with Gasteiger partial charge in [-0.25, -0.2) is 0 Å². The van der Waals surface area contributed by atoms with Gasteiger partial charge in [-0.2, -0.15) is 0 Å². The van der Waals surface area contributed by atoms with Crippen LogP contribution in [0, 0.1) is 0 Å². The van der Waals surface area contributed by atoms with Crippen molar-refractivity contribution in [2.75, 3.05) is 6.54 Å². The lowest BCUT2D eigenvalue weighted by Crippen LogP contribution is -2.22. The smallest absolute Gasteiger partial charge is 0.243 e. The minimum Gasteiger partial charge on any atom is -0.352 e. The van der Waals surface area contributed by atoms with Gasteiger partial charge in [-0.15, -0.1) is 11.3 Å². The van der Waals surface area contributed by atoms with Crippen LogP contribution in [0.25, 0.3) is 0 Å². The lowest BCUT2D eigenvalue weighted by molar-refractivity contribution is -0.116. The number of hydrogen-bond acceptors (Lipinski definition) is 2. The molecule has 0 atom stereocenters. The van der Waals surface area contributed by atoms with Gasteiger partial charge in [0.15, 0.2) is 0 Å². The zero-order chi connectivity index (χ0) is 8.81. The highest BCUT2D eigenvalue weighted by Crippen LogP contribution is 2.07. The number of thiophene rings is 1. The molecule has 12 heavy (non-hydrogen) atoms. The Morgan fingerprint density at radius 2 is 2.58 bits per heavy atom. The Morgan fingerprint density at radius 1 is 1.75 bits per heavy atom. The molecule has 1 rings (SSSR count). The van der Waals surface area contributed by atoms with Crippen molar-refractivity contribution < 1.29 is 4.79 Å². The van der Waals surface area contributed by atoms with Gasteiger partial charge in [0.1, 0.15) is 0 Å². The highest BCUT2D eigenvalue weighted by molar-refractivity contribution is 7.09. The number of rotatable bonds is 4. The van der Waals surface area contributed by atoms with E-state index in [0.717, 1.165) is 6.42 Å². The van der Waals surface area contributed by atoms with Crippen LogP contribution in [0.2, 0.25) is 0 Å². The fraction of sp³-hybridized carbons (Fsp3) is 0.222. The topological polar surface area (TPSA) is 29.1 Å². The predicted octanol–water partition coefficient (Wildman–Crippen LogP) is 1.59. The van der Waals surface area contributed by atoms with Crippen molar-refractivity contribution in [2.24, 2.45) is 0 Å². The van der Waals surface area contributed by atoms with Crippen molar-refractivity contribution in [3.8, 4) is 0 Å². The van der Waals surface area contributed by atoms with E-state index in [-0.39, 0.29) is 5.91 Å². The first-order valence-corrected chi connectivity index (χ1v) is 4.63. The lowest BCUT2D eigenvalue weighted by Gasteiger charge is -1.98. The van der Waals surface area contributed by atoms with E-state index in [2.05, 4.69) is 18.0 Å². The minimum absolute atomic E-state index is 0.105. The first-order valence-electron chi connectivity index (χ1n) is 3.75. The maximum absolute atomic E-state index is 10.7. The van der Waals surface area contributed by atoms with Gasteiger partial charge in [-0.05, 0) is 23.9 Å². The van der Waals surface area contributed by atoms with Crippen molar-refractivity contribution in [3.05, 3.63) is 35.0 Å². The summed E-state index contributed by atoms with van der Waals surface area (Å²) in [5, 5.41) is 4.75. The van der Waals surface area contributed by atoms with Crippen molar-refractivity contribution in [3.63, 3.8) is 0 Å². The molecule has 2 nitrogen and oxygen atoms in total. The summed E-state index contributed by atoms with van der Waals surface area (Å²) in [5.74, 6) is -0.105. The van der Waals surface area contributed by atoms with Crippen LogP contribution in [0.5, 0.6) is 0 Å². The van der Waals surface area contributed by atoms with E-state index in [4.69, 9.17) is 0 Å². The monoisotopic (exact) mass is 181 g/mol. The van der Waals surface area contributed by atoms with Crippen LogP contribution in [0.15, 0.2) is 30.2 Å². The van der Waals surface area contributed by atoms with Crippen LogP contribution in [0.4, 0.5) is 0 Å². The molecule has 1 aromatic heterocycles. The number of hydrogen-bond donors (Lipinski definition) is 1. The molecule has 0 unspecified atom stereocenters. The molecule has 0 aromatic carbocycles. The normalized spacial score (nSPS) is 9.33. The highest BCUT2D eigenvalue weighted by atomic mass is 32.1. The summed E-state index contributed by atoms with van der Waals surface area (Å²) in [4.78, 5) is 12.0. The maximum atomic E-state index is 10.7. The van der Waals surface area contributed by atoms with Gasteiger partial charge < -0.3 is 5.32 Å². The Kier molecular flexibility index (Phi) is 3.54. The Morgan fingerprint density at radius 3 is 3.17 bits per heavy atom. The lowest BCUT2D eigenvalue weighted by atomic mass is 10.3. The first kappa shape index (κ1) is 9.00. The third-order valence-corrected chi connectivity index (χ3v) is 2.37. The third-order valence-electron chi connectivity index (χ3n) is 1.44. The van der Waals surface area contributed by atoms with Gasteiger partial charge in [-0.3, -0.25) is 4.79 Å². The third kappa shape index (κ3) is 2.88. The Bertz CT molecular complexity index is 254. The van der Waals surface area contributed by atoms with Crippen molar-refractivity contribution in [1.82, 2.24) is 5.32 Å². The predicted molar refractivity (Wildman–Crippen MR) is 51.2 cm³/mol. The first-order chi connectivity index (χ1) is 5.83. The Balaban J connectivity index is 2.19. The van der Waals surface area contributed by atoms with E-state index in [0.29, 0.717) is 6.54 Å². The molecule has 0 radical (unpaired) electrons. The average Bonchev–Trinajstić information content (AvgIpc) is 2.57. The van der Waals surface area contributed by atoms with Crippen LogP contribution in [0.3, 0.4) is 0 Å². The zero-order valence-electron chi connectivity index (χ0n) is 6.75. The molecule has 0 fully saturated rings. The fourth-order valence-corrected chi connectivity index (χ4v) is 1.54. The second-order valence-electron chi connectivity index (χ2n) is 2.32. The molecule has 1 amide bonds. The van der Waals surface area contributed by atoms with Crippen LogP contribution < -0.4 is 5.32 Å². The second kappa shape index (κ2) is 4.72. The van der Waals surface area contributed by atoms with Crippen LogP contribution in [0.1, 0.15) is 4.88 Å². The average molecular weight is 181 g/mol. The molecule has 64 valence electrons. The van der Waals surface area contributed by atoms with Crippen molar-refractivity contribution in [2.45, 2.75) is 6.42 Å². The largest absolute Gasteiger partial charge is 0.352 e. The SMILES string of the molecule is C=CC(=O)NCCc1cccs1. The van der Waals surface area contributed by atoms with Gasteiger partial charge in [0.2, 0.25) is 5.91 Å². The molecular weight excluding hydrogens is 170 g/mol. The second-order valence-corrected chi connectivity index (χ2v) is 3.36. The van der Waals surface area contributed by atoms with E-state index >= 15 is 0 Å². The van der Waals surface area contributed by atoms with E-state index in [1.54, 1.807) is 11.3 Å². The van der Waals surface area contributed by atoms with Gasteiger partial charge in [0.25, 0.3) is 0 Å². The summed E-state index contributed by atoms with van der Waals surface area (Å²) in [6.07, 6.45) is 2.19. The van der Waals surface area contributed by atoms with E-state index in [1.165, 1.54) is 11.0 Å². The van der Waals surface area contributed by atoms with Gasteiger partial charge in [0, 0.05) is 11.4 Å². The molecule has 3 heteroatoms. The van der Waals surface area contributed by atoms with Crippen molar-refractivity contribution >= 4 is 17.2 Å². The highest BCUT2D eigenvalue weighted by Gasteiger charge is 1.94. The van der Waals surface area contributed by atoms with Gasteiger partial charge in [-0.1, -0.05) is 12.6 Å².